The lowest BCUT2D eigenvalue weighted by molar-refractivity contribution is -0.117. The number of aliphatic hydroxyl groups is 1. The first-order valence-electron chi connectivity index (χ1n) is 7.48. The number of hydrogen-bond donors (Lipinski definition) is 1. The Morgan fingerprint density at radius 3 is 2.64 bits per heavy atom. The number of ketones is 1. The smallest absolute Gasteiger partial charge is 0.296 e. The van der Waals surface area contributed by atoms with Gasteiger partial charge in [0.15, 0.2) is 16.7 Å². The van der Waals surface area contributed by atoms with Gasteiger partial charge in [-0.2, -0.15) is 0 Å². The number of carbonyl (C=O) groups is 2. The third-order valence-electron chi connectivity index (χ3n) is 3.94. The fourth-order valence-electron chi connectivity index (χ4n) is 2.86. The molecule has 0 saturated carbocycles. The van der Waals surface area contributed by atoms with Crippen LogP contribution in [0, 0.1) is 0 Å². The summed E-state index contributed by atoms with van der Waals surface area (Å²) in [6.07, 6.45) is 2.94. The molecule has 0 aliphatic carbocycles. The van der Waals surface area contributed by atoms with Gasteiger partial charge in [-0.05, 0) is 17.7 Å². The van der Waals surface area contributed by atoms with E-state index in [0.29, 0.717) is 10.7 Å². The van der Waals surface area contributed by atoms with E-state index < -0.39 is 23.5 Å². The van der Waals surface area contributed by atoms with Gasteiger partial charge in [-0.1, -0.05) is 30.3 Å². The van der Waals surface area contributed by atoms with Crippen molar-refractivity contribution in [3.05, 3.63) is 83.0 Å². The van der Waals surface area contributed by atoms with Crippen molar-refractivity contribution in [1.82, 2.24) is 4.98 Å². The van der Waals surface area contributed by atoms with Crippen LogP contribution in [-0.4, -0.2) is 21.8 Å². The molecule has 7 heteroatoms. The van der Waals surface area contributed by atoms with E-state index >= 15 is 0 Å². The number of anilines is 1. The molecule has 25 heavy (non-hydrogen) atoms. The van der Waals surface area contributed by atoms with Crippen molar-refractivity contribution in [3.8, 4) is 0 Å². The minimum absolute atomic E-state index is 0.0126. The van der Waals surface area contributed by atoms with Gasteiger partial charge >= 0.3 is 0 Å². The predicted octanol–water partition coefficient (Wildman–Crippen LogP) is 3.52. The molecule has 0 saturated heterocycles. The Morgan fingerprint density at radius 1 is 1.20 bits per heavy atom. The zero-order valence-corrected chi connectivity index (χ0v) is 13.6. The summed E-state index contributed by atoms with van der Waals surface area (Å²) in [4.78, 5) is 31.0. The Hall–Kier alpha value is -3.19. The highest BCUT2D eigenvalue weighted by molar-refractivity contribution is 7.13. The first kappa shape index (κ1) is 15.3. The molecule has 6 nitrogen and oxygen atoms in total. The lowest BCUT2D eigenvalue weighted by atomic mass is 9.95. The van der Waals surface area contributed by atoms with Crippen molar-refractivity contribution in [2.75, 3.05) is 4.90 Å². The van der Waals surface area contributed by atoms with Crippen LogP contribution in [0.2, 0.25) is 0 Å². The summed E-state index contributed by atoms with van der Waals surface area (Å²) < 4.78 is 5.16. The molecule has 0 radical (unpaired) electrons. The van der Waals surface area contributed by atoms with E-state index in [0.717, 1.165) is 0 Å². The van der Waals surface area contributed by atoms with Crippen LogP contribution in [0.5, 0.6) is 0 Å². The maximum Gasteiger partial charge on any atom is 0.296 e. The van der Waals surface area contributed by atoms with Gasteiger partial charge in [0.25, 0.3) is 5.91 Å². The molecule has 4 rings (SSSR count). The van der Waals surface area contributed by atoms with E-state index in [2.05, 4.69) is 4.98 Å². The van der Waals surface area contributed by atoms with Crippen LogP contribution in [0.25, 0.3) is 0 Å². The summed E-state index contributed by atoms with van der Waals surface area (Å²) in [6, 6.07) is 11.4. The van der Waals surface area contributed by atoms with Crippen molar-refractivity contribution in [2.24, 2.45) is 0 Å². The van der Waals surface area contributed by atoms with Gasteiger partial charge in [0.05, 0.1) is 17.9 Å². The normalized spacial score (nSPS) is 17.4. The number of aliphatic hydroxyl groups excluding tert-OH is 1. The average Bonchev–Trinajstić information content (AvgIpc) is 3.37. The number of thiazole rings is 1. The molecule has 124 valence electrons. The lowest BCUT2D eigenvalue weighted by Gasteiger charge is -2.24. The second kappa shape index (κ2) is 6.03. The molecule has 2 aromatic heterocycles. The second-order valence-electron chi connectivity index (χ2n) is 5.37. The van der Waals surface area contributed by atoms with Gasteiger partial charge in [-0.3, -0.25) is 14.5 Å². The minimum atomic E-state index is -0.766. The molecule has 3 heterocycles. The second-order valence-corrected chi connectivity index (χ2v) is 6.24. The van der Waals surface area contributed by atoms with E-state index in [-0.39, 0.29) is 11.3 Å². The van der Waals surface area contributed by atoms with Crippen molar-refractivity contribution in [3.63, 3.8) is 0 Å². The minimum Gasteiger partial charge on any atom is -0.503 e. The predicted molar refractivity (Wildman–Crippen MR) is 91.5 cm³/mol. The van der Waals surface area contributed by atoms with Gasteiger partial charge in [-0.15, -0.1) is 11.3 Å². The highest BCUT2D eigenvalue weighted by Gasteiger charge is 2.46. The first-order chi connectivity index (χ1) is 12.2. The summed E-state index contributed by atoms with van der Waals surface area (Å²) in [6.45, 7) is 0. The fraction of sp³-hybridized carbons (Fsp3) is 0.0556. The number of carbonyl (C=O) groups excluding carboxylic acids is 2. The average molecular weight is 352 g/mol. The summed E-state index contributed by atoms with van der Waals surface area (Å²) in [5, 5.41) is 12.6. The monoisotopic (exact) mass is 352 g/mol. The van der Waals surface area contributed by atoms with Crippen LogP contribution < -0.4 is 4.90 Å². The van der Waals surface area contributed by atoms with E-state index in [4.69, 9.17) is 4.42 Å². The van der Waals surface area contributed by atoms with Gasteiger partial charge < -0.3 is 9.52 Å². The molecule has 1 atom stereocenters. The fourth-order valence-corrected chi connectivity index (χ4v) is 3.53. The molecular weight excluding hydrogens is 340 g/mol. The Balaban J connectivity index is 1.88. The number of rotatable bonds is 4. The molecule has 0 unspecified atom stereocenters. The summed E-state index contributed by atoms with van der Waals surface area (Å²) in [5.74, 6) is -1.69. The SMILES string of the molecule is O=C(C1=C(O)C(=O)N(c2nccs2)[C@H]1c1ccccc1)c1ccco1. The van der Waals surface area contributed by atoms with Gasteiger partial charge in [-0.25, -0.2) is 4.98 Å². The van der Waals surface area contributed by atoms with Crippen LogP contribution in [0.15, 0.2) is 76.1 Å². The Labute approximate surface area is 146 Å². The molecule has 0 fully saturated rings. The van der Waals surface area contributed by atoms with Crippen LogP contribution in [0.4, 0.5) is 5.13 Å². The quantitative estimate of drug-likeness (QED) is 0.726. The number of hydrogen-bond acceptors (Lipinski definition) is 6. The van der Waals surface area contributed by atoms with E-state index in [1.54, 1.807) is 29.8 Å². The van der Waals surface area contributed by atoms with E-state index in [9.17, 15) is 14.7 Å². The molecule has 1 aliphatic rings. The standard InChI is InChI=1S/C18H12N2O4S/c21-15(12-7-4-9-24-12)13-14(11-5-2-1-3-6-11)20(17(23)16(13)22)18-19-8-10-25-18/h1-10,14,22H/t14-/m0/s1. The number of amides is 1. The Kier molecular flexibility index (Phi) is 3.70. The number of benzene rings is 1. The third kappa shape index (κ3) is 2.45. The van der Waals surface area contributed by atoms with Crippen LogP contribution in [0.3, 0.4) is 0 Å². The Bertz CT molecular complexity index is 946. The molecule has 0 bridgehead atoms. The zero-order valence-electron chi connectivity index (χ0n) is 12.8. The molecule has 1 amide bonds. The highest BCUT2D eigenvalue weighted by Crippen LogP contribution is 2.42. The number of Topliss-reactive ketones (excluding diaryl/α,β-unsaturated/α-hetero) is 1. The summed E-state index contributed by atoms with van der Waals surface area (Å²) in [5.41, 5.74) is 0.686. The van der Waals surface area contributed by atoms with Crippen molar-refractivity contribution >= 4 is 28.2 Å². The maximum absolute atomic E-state index is 12.9. The van der Waals surface area contributed by atoms with Crippen molar-refractivity contribution < 1.29 is 19.1 Å². The molecule has 1 N–H and O–H groups in total. The largest absolute Gasteiger partial charge is 0.503 e. The van der Waals surface area contributed by atoms with E-state index in [1.807, 2.05) is 18.2 Å². The highest BCUT2D eigenvalue weighted by atomic mass is 32.1. The van der Waals surface area contributed by atoms with Crippen LogP contribution in [0.1, 0.15) is 22.2 Å². The zero-order chi connectivity index (χ0) is 17.4. The number of aromatic nitrogens is 1. The lowest BCUT2D eigenvalue weighted by Crippen LogP contribution is -2.30. The maximum atomic E-state index is 12.9. The van der Waals surface area contributed by atoms with Crippen molar-refractivity contribution in [1.29, 1.82) is 0 Å². The van der Waals surface area contributed by atoms with Gasteiger partial charge in [0.2, 0.25) is 5.78 Å². The number of nitrogens with zero attached hydrogens (tertiary/aromatic N) is 2. The van der Waals surface area contributed by atoms with Gasteiger partial charge in [0, 0.05) is 11.6 Å². The van der Waals surface area contributed by atoms with Crippen LogP contribution >= 0.6 is 11.3 Å². The first-order valence-corrected chi connectivity index (χ1v) is 8.36. The Morgan fingerprint density at radius 2 is 2.00 bits per heavy atom. The summed E-state index contributed by atoms with van der Waals surface area (Å²) in [7, 11) is 0. The third-order valence-corrected chi connectivity index (χ3v) is 4.71. The molecule has 3 aromatic rings. The molecule has 1 aromatic carbocycles. The van der Waals surface area contributed by atoms with E-state index in [1.165, 1.54) is 28.6 Å². The number of furan rings is 1. The molecule has 1 aliphatic heterocycles. The van der Waals surface area contributed by atoms with Crippen LogP contribution in [-0.2, 0) is 4.79 Å². The molecular formula is C18H12N2O4S. The van der Waals surface area contributed by atoms with Gasteiger partial charge in [0.1, 0.15) is 0 Å². The topological polar surface area (TPSA) is 83.6 Å². The molecule has 0 spiro atoms. The van der Waals surface area contributed by atoms with Crippen molar-refractivity contribution in [2.45, 2.75) is 6.04 Å². The summed E-state index contributed by atoms with van der Waals surface area (Å²) >= 11 is 1.26.